The Morgan fingerprint density at radius 2 is 1.76 bits per heavy atom. The maximum atomic E-state index is 15.3. The molecule has 1 atom stereocenters. The quantitative estimate of drug-likeness (QED) is 0.163. The molecule has 2 aromatic heterocycles. The fraction of sp³-hybridized carbons (Fsp3) is 0.441. The number of amides is 2. The van der Waals surface area contributed by atoms with Crippen LogP contribution in [0.1, 0.15) is 59.1 Å². The van der Waals surface area contributed by atoms with Gasteiger partial charge < -0.3 is 23.9 Å². The highest BCUT2D eigenvalue weighted by molar-refractivity contribution is 7.23. The third-order valence-corrected chi connectivity index (χ3v) is 9.59. The molecule has 0 spiro atoms. The second-order valence-electron chi connectivity index (χ2n) is 14.5. The Kier molecular flexibility index (Phi) is 8.98. The second kappa shape index (κ2) is 12.7. The number of carbonyl (C=O) groups is 2. The Morgan fingerprint density at radius 3 is 2.37 bits per heavy atom. The van der Waals surface area contributed by atoms with Crippen molar-refractivity contribution in [2.45, 2.75) is 77.7 Å². The largest absolute Gasteiger partial charge is 0.467 e. The lowest BCUT2D eigenvalue weighted by molar-refractivity contribution is -0.137. The summed E-state index contributed by atoms with van der Waals surface area (Å²) in [6.45, 7) is 10.3. The molecule has 11 nitrogen and oxygen atoms in total. The lowest BCUT2D eigenvalue weighted by Crippen LogP contribution is -2.59. The molecule has 1 unspecified atom stereocenters. The number of nitrogens with zero attached hydrogens (tertiary/aromatic N) is 5. The molecule has 2 bridgehead atoms. The fourth-order valence-electron chi connectivity index (χ4n) is 6.60. The van der Waals surface area contributed by atoms with E-state index >= 15 is 17.6 Å². The molecule has 4 aromatic rings. The summed E-state index contributed by atoms with van der Waals surface area (Å²) in [5, 5.41) is 12.5. The maximum absolute atomic E-state index is 15.3. The number of anilines is 2. The van der Waals surface area contributed by atoms with Gasteiger partial charge in [0.2, 0.25) is 0 Å². The molecule has 0 saturated carbocycles. The van der Waals surface area contributed by atoms with E-state index in [1.165, 1.54) is 19.2 Å². The minimum atomic E-state index is -4.91. The van der Waals surface area contributed by atoms with Gasteiger partial charge >= 0.3 is 24.4 Å². The summed E-state index contributed by atoms with van der Waals surface area (Å²) in [5.41, 5.74) is -3.20. The monoisotopic (exact) mass is 726 g/mol. The number of benzene rings is 2. The van der Waals surface area contributed by atoms with Gasteiger partial charge in [-0.2, -0.15) is 28.4 Å². The van der Waals surface area contributed by atoms with Crippen LogP contribution < -0.4 is 15.0 Å². The van der Waals surface area contributed by atoms with E-state index in [2.05, 4.69) is 15.3 Å². The molecule has 0 aliphatic carbocycles. The number of hydrogen-bond donors (Lipinski definition) is 1. The Balaban J connectivity index is 1.49. The van der Waals surface area contributed by atoms with Crippen molar-refractivity contribution >= 4 is 62.2 Å². The fourth-order valence-corrected chi connectivity index (χ4v) is 7.67. The number of fused-ring (bicyclic) bond motifs is 4. The predicted octanol–water partition coefficient (Wildman–Crippen LogP) is 8.26. The van der Waals surface area contributed by atoms with Crippen molar-refractivity contribution in [3.8, 4) is 23.2 Å². The van der Waals surface area contributed by atoms with Crippen LogP contribution in [0.15, 0.2) is 24.3 Å². The normalized spacial score (nSPS) is 16.4. The molecule has 2 fully saturated rings. The first-order valence-electron chi connectivity index (χ1n) is 16.2. The van der Waals surface area contributed by atoms with Gasteiger partial charge in [-0.25, -0.2) is 14.0 Å². The minimum Gasteiger partial charge on any atom is -0.467 e. The summed E-state index contributed by atoms with van der Waals surface area (Å²) in [5.74, 6) is -0.579. The van der Waals surface area contributed by atoms with E-state index in [9.17, 15) is 14.9 Å². The SMILES string of the molecule is COc1nc(N2CB3CCC(C2)N3C(=O)OC(C)(C)C)c2cc(C(F)(F)F)c(-c3ccc(F)c4sc(NC(=O)OC(C)(C)C)c(C#N)c34)cc2n1. The number of rotatable bonds is 4. The summed E-state index contributed by atoms with van der Waals surface area (Å²) < 4.78 is 76.5. The number of hydrogen-bond acceptors (Lipinski definition) is 10. The molecular weight excluding hydrogens is 691 g/mol. The number of nitrogens with one attached hydrogen (secondary N) is 1. The standard InChI is InChI=1S/C34H35BF4N6O5S/c1-32(2,3)49-30(46)43-28-21(14-40)25-18(8-9-23(36)26(25)51-28)19-13-24-20(12-22(19)34(37,38)39)27(42-29(41-24)48-7)44-15-17-10-11-35(16-44)45(17)31(47)50-33(4,5)6/h8-9,12-13,17H,10-11,15-16H2,1-7H3,(H,43,46). The zero-order valence-electron chi connectivity index (χ0n) is 29.0. The molecule has 268 valence electrons. The van der Waals surface area contributed by atoms with Gasteiger partial charge in [0.1, 0.15) is 33.9 Å². The van der Waals surface area contributed by atoms with Crippen LogP contribution in [0.3, 0.4) is 0 Å². The first-order chi connectivity index (χ1) is 23.8. The van der Waals surface area contributed by atoms with Gasteiger partial charge in [-0.15, -0.1) is 11.3 Å². The number of thiophene rings is 1. The molecule has 2 amide bonds. The third kappa shape index (κ3) is 7.06. The zero-order chi connectivity index (χ0) is 37.2. The van der Waals surface area contributed by atoms with Gasteiger partial charge in [-0.1, -0.05) is 6.07 Å². The van der Waals surface area contributed by atoms with Crippen molar-refractivity contribution in [3.63, 3.8) is 0 Å². The van der Waals surface area contributed by atoms with Crippen LogP contribution in [0.25, 0.3) is 32.1 Å². The van der Waals surface area contributed by atoms with Crippen molar-refractivity contribution in [2.24, 2.45) is 0 Å². The Hall–Kier alpha value is -4.85. The average Bonchev–Trinajstić information content (AvgIpc) is 3.51. The summed E-state index contributed by atoms with van der Waals surface area (Å²) in [6, 6.07) is 5.95. The summed E-state index contributed by atoms with van der Waals surface area (Å²) in [4.78, 5) is 38.1. The molecule has 0 radical (unpaired) electrons. The number of halogens is 4. The predicted molar refractivity (Wildman–Crippen MR) is 186 cm³/mol. The number of carbonyl (C=O) groups excluding carboxylic acids is 2. The van der Waals surface area contributed by atoms with Crippen LogP contribution in [-0.4, -0.2) is 71.2 Å². The summed E-state index contributed by atoms with van der Waals surface area (Å²) in [6.07, 6.45) is -4.59. The van der Waals surface area contributed by atoms with Gasteiger partial charge in [0.25, 0.3) is 6.85 Å². The number of ether oxygens (including phenoxy) is 3. The number of nitriles is 1. The van der Waals surface area contributed by atoms with Crippen LogP contribution >= 0.6 is 11.3 Å². The van der Waals surface area contributed by atoms with Crippen molar-refractivity contribution in [3.05, 3.63) is 41.2 Å². The van der Waals surface area contributed by atoms with Crippen molar-refractivity contribution in [1.82, 2.24) is 14.8 Å². The lowest BCUT2D eigenvalue weighted by Gasteiger charge is -2.41. The molecule has 2 aliphatic rings. The molecule has 2 aromatic carbocycles. The Bertz CT molecular complexity index is 2090. The van der Waals surface area contributed by atoms with Crippen molar-refractivity contribution < 1.29 is 41.4 Å². The zero-order valence-corrected chi connectivity index (χ0v) is 29.8. The highest BCUT2D eigenvalue weighted by Gasteiger charge is 2.47. The van der Waals surface area contributed by atoms with Crippen LogP contribution in [0.2, 0.25) is 6.32 Å². The van der Waals surface area contributed by atoms with Gasteiger partial charge in [-0.05, 0) is 83.6 Å². The number of alkyl halides is 3. The smallest absolute Gasteiger partial charge is 0.417 e. The maximum Gasteiger partial charge on any atom is 0.417 e. The van der Waals surface area contributed by atoms with E-state index in [0.717, 1.165) is 12.1 Å². The molecule has 17 heteroatoms. The third-order valence-electron chi connectivity index (χ3n) is 8.48. The average molecular weight is 727 g/mol. The van der Waals surface area contributed by atoms with Crippen LogP contribution in [0.5, 0.6) is 6.01 Å². The van der Waals surface area contributed by atoms with E-state index in [-0.39, 0.29) is 67.4 Å². The van der Waals surface area contributed by atoms with E-state index in [0.29, 0.717) is 37.1 Å². The molecule has 2 saturated heterocycles. The topological polar surface area (TPSA) is 130 Å². The minimum absolute atomic E-state index is 0.0751. The van der Waals surface area contributed by atoms with E-state index in [4.69, 9.17) is 14.2 Å². The van der Waals surface area contributed by atoms with Crippen molar-refractivity contribution in [2.75, 3.05) is 30.3 Å². The van der Waals surface area contributed by atoms with Gasteiger partial charge in [0.15, 0.2) is 0 Å². The van der Waals surface area contributed by atoms with E-state index in [1.54, 1.807) is 46.4 Å². The first-order valence-corrected chi connectivity index (χ1v) is 17.0. The van der Waals surface area contributed by atoms with E-state index in [1.807, 2.05) is 11.0 Å². The van der Waals surface area contributed by atoms with Gasteiger partial charge in [-0.3, -0.25) is 5.32 Å². The van der Waals surface area contributed by atoms with Crippen LogP contribution in [0, 0.1) is 17.1 Å². The Labute approximate surface area is 295 Å². The number of aromatic nitrogens is 2. The molecule has 4 heterocycles. The molecule has 6 rings (SSSR count). The van der Waals surface area contributed by atoms with Gasteiger partial charge in [0, 0.05) is 29.8 Å². The molecule has 2 aliphatic heterocycles. The molecular formula is C34H35BF4N6O5S. The molecule has 1 N–H and O–H groups in total. The van der Waals surface area contributed by atoms with Gasteiger partial charge in [0.05, 0.1) is 28.5 Å². The highest BCUT2D eigenvalue weighted by Crippen LogP contribution is 2.47. The molecule has 51 heavy (non-hydrogen) atoms. The van der Waals surface area contributed by atoms with Crippen molar-refractivity contribution in [1.29, 1.82) is 5.26 Å². The summed E-state index contributed by atoms with van der Waals surface area (Å²) in [7, 11) is 1.34. The lowest BCUT2D eigenvalue weighted by atomic mass is 9.59. The first kappa shape index (κ1) is 36.0. The second-order valence-corrected chi connectivity index (χ2v) is 15.5. The van der Waals surface area contributed by atoms with E-state index < -0.39 is 40.9 Å². The Morgan fingerprint density at radius 1 is 1.06 bits per heavy atom. The number of methoxy groups -OCH3 is 1. The highest BCUT2D eigenvalue weighted by atomic mass is 32.1. The summed E-state index contributed by atoms with van der Waals surface area (Å²) >= 11 is 0.714. The van der Waals surface area contributed by atoms with Crippen LogP contribution in [0.4, 0.5) is 38.0 Å². The van der Waals surface area contributed by atoms with Crippen LogP contribution in [-0.2, 0) is 15.7 Å².